The SMILES string of the molecule is N[C@@H](c1ccc(OC(F)(F)F)cc1)c1cc(F)cc(Br)c1O. The molecule has 0 saturated heterocycles. The van der Waals surface area contributed by atoms with Crippen LogP contribution in [0, 0.1) is 5.82 Å². The minimum atomic E-state index is -4.78. The summed E-state index contributed by atoms with van der Waals surface area (Å²) in [6.45, 7) is 0. The number of aromatic hydroxyl groups is 1. The highest BCUT2D eigenvalue weighted by atomic mass is 79.9. The van der Waals surface area contributed by atoms with E-state index in [4.69, 9.17) is 5.73 Å². The average molecular weight is 380 g/mol. The Hall–Kier alpha value is -1.80. The molecule has 0 heterocycles. The van der Waals surface area contributed by atoms with Gasteiger partial charge in [0.05, 0.1) is 10.5 Å². The van der Waals surface area contributed by atoms with E-state index in [0.29, 0.717) is 5.56 Å². The predicted octanol–water partition coefficient (Wildman–Crippen LogP) is 4.24. The van der Waals surface area contributed by atoms with E-state index in [1.54, 1.807) is 0 Å². The van der Waals surface area contributed by atoms with Crippen LogP contribution < -0.4 is 10.5 Å². The Morgan fingerprint density at radius 1 is 1.14 bits per heavy atom. The molecular formula is C14H10BrF4NO2. The van der Waals surface area contributed by atoms with Crippen molar-refractivity contribution in [2.24, 2.45) is 5.73 Å². The Kier molecular flexibility index (Phi) is 4.62. The molecule has 0 saturated carbocycles. The van der Waals surface area contributed by atoms with Crippen molar-refractivity contribution < 1.29 is 27.4 Å². The Labute approximate surface area is 131 Å². The quantitative estimate of drug-likeness (QED) is 0.784. The van der Waals surface area contributed by atoms with Crippen LogP contribution in [-0.2, 0) is 0 Å². The summed E-state index contributed by atoms with van der Waals surface area (Å²) in [5.74, 6) is -1.23. The van der Waals surface area contributed by atoms with Gasteiger partial charge in [0.25, 0.3) is 0 Å². The van der Waals surface area contributed by atoms with Crippen molar-refractivity contribution in [3.63, 3.8) is 0 Å². The van der Waals surface area contributed by atoms with E-state index in [1.807, 2.05) is 0 Å². The number of alkyl halides is 3. The molecule has 0 aliphatic heterocycles. The van der Waals surface area contributed by atoms with Gasteiger partial charge in [0.1, 0.15) is 17.3 Å². The van der Waals surface area contributed by atoms with Crippen molar-refractivity contribution in [3.8, 4) is 11.5 Å². The Morgan fingerprint density at radius 3 is 2.27 bits per heavy atom. The summed E-state index contributed by atoms with van der Waals surface area (Å²) >= 11 is 2.99. The average Bonchev–Trinajstić information content (AvgIpc) is 2.41. The van der Waals surface area contributed by atoms with Crippen LogP contribution in [0.2, 0.25) is 0 Å². The molecule has 0 unspecified atom stereocenters. The first kappa shape index (κ1) is 16.6. The van der Waals surface area contributed by atoms with Crippen LogP contribution >= 0.6 is 15.9 Å². The Bertz CT molecular complexity index is 674. The van der Waals surface area contributed by atoms with Crippen LogP contribution in [0.4, 0.5) is 17.6 Å². The fourth-order valence-electron chi connectivity index (χ4n) is 1.88. The summed E-state index contributed by atoms with van der Waals surface area (Å²) in [7, 11) is 0. The Morgan fingerprint density at radius 2 is 1.73 bits per heavy atom. The topological polar surface area (TPSA) is 55.5 Å². The van der Waals surface area contributed by atoms with Gasteiger partial charge in [-0.25, -0.2) is 4.39 Å². The van der Waals surface area contributed by atoms with Gasteiger partial charge in [0, 0.05) is 5.56 Å². The van der Waals surface area contributed by atoms with Crippen molar-refractivity contribution in [2.45, 2.75) is 12.4 Å². The largest absolute Gasteiger partial charge is 0.573 e. The first-order valence-corrected chi connectivity index (χ1v) is 6.76. The summed E-state index contributed by atoms with van der Waals surface area (Å²) < 4.78 is 53.5. The summed E-state index contributed by atoms with van der Waals surface area (Å²) in [5.41, 5.74) is 6.42. The standard InChI is InChI=1S/C14H10BrF4NO2/c15-11-6-8(16)5-10(13(11)21)12(20)7-1-3-9(4-2-7)22-14(17,18)19/h1-6,12,21H,20H2/t12-/m0/s1. The highest BCUT2D eigenvalue weighted by Gasteiger charge is 2.31. The zero-order chi connectivity index (χ0) is 16.5. The van der Waals surface area contributed by atoms with Crippen LogP contribution in [0.1, 0.15) is 17.2 Å². The summed E-state index contributed by atoms with van der Waals surface area (Å²) in [6, 6.07) is 6.03. The molecule has 0 aliphatic rings. The van der Waals surface area contributed by atoms with Gasteiger partial charge in [0.15, 0.2) is 0 Å². The van der Waals surface area contributed by atoms with Crippen molar-refractivity contribution >= 4 is 15.9 Å². The van der Waals surface area contributed by atoms with Gasteiger partial charge in [-0.15, -0.1) is 13.2 Å². The van der Waals surface area contributed by atoms with Gasteiger partial charge < -0.3 is 15.6 Å². The van der Waals surface area contributed by atoms with Gasteiger partial charge in [-0.05, 0) is 45.8 Å². The van der Waals surface area contributed by atoms with Crippen molar-refractivity contribution in [1.29, 1.82) is 0 Å². The van der Waals surface area contributed by atoms with Crippen LogP contribution in [0.25, 0.3) is 0 Å². The van der Waals surface area contributed by atoms with Gasteiger partial charge in [-0.3, -0.25) is 0 Å². The number of ether oxygens (including phenoxy) is 1. The first-order valence-electron chi connectivity index (χ1n) is 5.96. The molecule has 3 nitrogen and oxygen atoms in total. The highest BCUT2D eigenvalue weighted by molar-refractivity contribution is 9.10. The lowest BCUT2D eigenvalue weighted by Crippen LogP contribution is -2.17. The molecule has 3 N–H and O–H groups in total. The third-order valence-electron chi connectivity index (χ3n) is 2.87. The van der Waals surface area contributed by atoms with E-state index in [-0.39, 0.29) is 15.8 Å². The van der Waals surface area contributed by atoms with Crippen LogP contribution in [0.3, 0.4) is 0 Å². The van der Waals surface area contributed by atoms with Crippen LogP contribution in [-0.4, -0.2) is 11.5 Å². The number of rotatable bonds is 3. The van der Waals surface area contributed by atoms with Gasteiger partial charge in [0.2, 0.25) is 0 Å². The van der Waals surface area contributed by atoms with Gasteiger partial charge in [-0.2, -0.15) is 0 Å². The molecule has 2 aromatic rings. The van der Waals surface area contributed by atoms with Crippen molar-refractivity contribution in [3.05, 3.63) is 57.8 Å². The van der Waals surface area contributed by atoms with Gasteiger partial charge >= 0.3 is 6.36 Å². The molecule has 118 valence electrons. The number of phenolic OH excluding ortho intramolecular Hbond substituents is 1. The summed E-state index contributed by atoms with van der Waals surface area (Å²) in [4.78, 5) is 0. The monoisotopic (exact) mass is 379 g/mol. The molecule has 22 heavy (non-hydrogen) atoms. The molecule has 0 aromatic heterocycles. The number of hydrogen-bond acceptors (Lipinski definition) is 3. The number of nitrogens with two attached hydrogens (primary N) is 1. The minimum absolute atomic E-state index is 0.108. The molecule has 0 fully saturated rings. The third kappa shape index (κ3) is 3.89. The van der Waals surface area contributed by atoms with E-state index < -0.39 is 24.0 Å². The molecule has 0 aliphatic carbocycles. The Balaban J connectivity index is 2.29. The van der Waals surface area contributed by atoms with Gasteiger partial charge in [-0.1, -0.05) is 12.1 Å². The predicted molar refractivity (Wildman–Crippen MR) is 74.9 cm³/mol. The summed E-state index contributed by atoms with van der Waals surface area (Å²) in [6.07, 6.45) is -4.78. The van der Waals surface area contributed by atoms with Crippen LogP contribution in [0.15, 0.2) is 40.9 Å². The lowest BCUT2D eigenvalue weighted by Gasteiger charge is -2.16. The summed E-state index contributed by atoms with van der Waals surface area (Å²) in [5, 5.41) is 9.89. The second-order valence-electron chi connectivity index (χ2n) is 4.42. The lowest BCUT2D eigenvalue weighted by molar-refractivity contribution is -0.274. The van der Waals surface area contributed by atoms with Crippen LogP contribution in [0.5, 0.6) is 11.5 Å². The number of halogens is 5. The smallest absolute Gasteiger partial charge is 0.506 e. The molecular weight excluding hydrogens is 370 g/mol. The zero-order valence-electron chi connectivity index (χ0n) is 10.9. The van der Waals surface area contributed by atoms with Crippen molar-refractivity contribution in [2.75, 3.05) is 0 Å². The van der Waals surface area contributed by atoms with E-state index in [2.05, 4.69) is 20.7 Å². The molecule has 0 spiro atoms. The molecule has 0 bridgehead atoms. The van der Waals surface area contributed by atoms with E-state index in [1.165, 1.54) is 12.1 Å². The molecule has 8 heteroatoms. The maximum absolute atomic E-state index is 13.4. The lowest BCUT2D eigenvalue weighted by atomic mass is 9.98. The molecule has 0 amide bonds. The van der Waals surface area contributed by atoms with Crippen molar-refractivity contribution in [1.82, 2.24) is 0 Å². The van der Waals surface area contributed by atoms with E-state index in [0.717, 1.165) is 24.3 Å². The zero-order valence-corrected chi connectivity index (χ0v) is 12.5. The minimum Gasteiger partial charge on any atom is -0.506 e. The highest BCUT2D eigenvalue weighted by Crippen LogP contribution is 2.35. The normalized spacial score (nSPS) is 13.0. The molecule has 2 aromatic carbocycles. The molecule has 0 radical (unpaired) electrons. The second kappa shape index (κ2) is 6.13. The number of phenols is 1. The second-order valence-corrected chi connectivity index (χ2v) is 5.27. The molecule has 2 rings (SSSR count). The van der Waals surface area contributed by atoms with E-state index in [9.17, 15) is 22.7 Å². The fourth-order valence-corrected chi connectivity index (χ4v) is 2.33. The molecule has 1 atom stereocenters. The first-order chi connectivity index (χ1) is 10.2. The maximum atomic E-state index is 13.4. The maximum Gasteiger partial charge on any atom is 0.573 e. The fraction of sp³-hybridized carbons (Fsp3) is 0.143. The number of benzene rings is 2. The van der Waals surface area contributed by atoms with E-state index >= 15 is 0 Å². The third-order valence-corrected chi connectivity index (χ3v) is 3.47. The number of hydrogen-bond donors (Lipinski definition) is 2.